The lowest BCUT2D eigenvalue weighted by atomic mass is 10.1. The van der Waals surface area contributed by atoms with E-state index in [2.05, 4.69) is 22.4 Å². The van der Waals surface area contributed by atoms with Crippen molar-refractivity contribution in [2.24, 2.45) is 4.99 Å². The second-order valence-electron chi connectivity index (χ2n) is 4.41. The van der Waals surface area contributed by atoms with Crippen LogP contribution in [0, 0.1) is 5.82 Å². The van der Waals surface area contributed by atoms with Crippen molar-refractivity contribution < 1.29 is 4.39 Å². The van der Waals surface area contributed by atoms with Gasteiger partial charge in [0.25, 0.3) is 0 Å². The molecule has 0 aromatic heterocycles. The number of nitrogens with zero attached hydrogens (tertiary/aromatic N) is 1. The minimum Gasteiger partial charge on any atom is -0.205 e. The van der Waals surface area contributed by atoms with Gasteiger partial charge in [-0.2, -0.15) is 4.99 Å². The summed E-state index contributed by atoms with van der Waals surface area (Å²) in [6.07, 6.45) is 7.84. The predicted molar refractivity (Wildman–Crippen MR) is 91.2 cm³/mol. The highest BCUT2D eigenvalue weighted by Crippen LogP contribution is 2.20. The number of thiocarbonyl (C=S) groups is 1. The summed E-state index contributed by atoms with van der Waals surface area (Å²) in [5.74, 6) is -0.405. The van der Waals surface area contributed by atoms with E-state index in [1.807, 2.05) is 55.5 Å². The molecule has 0 heterocycles. The number of hydrogen-bond donors (Lipinski definition) is 0. The maximum atomic E-state index is 13.7. The first kappa shape index (κ1) is 15.0. The summed E-state index contributed by atoms with van der Waals surface area (Å²) in [4.78, 5) is 3.65. The third kappa shape index (κ3) is 4.32. The van der Waals surface area contributed by atoms with Crippen LogP contribution < -0.4 is 0 Å². The number of halogens is 1. The number of hydrogen-bond acceptors (Lipinski definition) is 2. The summed E-state index contributed by atoms with van der Waals surface area (Å²) in [6, 6.07) is 12.9. The van der Waals surface area contributed by atoms with Crippen molar-refractivity contribution in [2.45, 2.75) is 6.92 Å². The third-order valence-electron chi connectivity index (χ3n) is 2.90. The molecule has 0 unspecified atom stereocenters. The molecular formula is C18H14FNS. The number of aliphatic imine (C=N–C) groups is 1. The van der Waals surface area contributed by atoms with Crippen LogP contribution in [0.15, 0.2) is 53.5 Å². The van der Waals surface area contributed by atoms with E-state index in [0.717, 1.165) is 16.7 Å². The van der Waals surface area contributed by atoms with Crippen molar-refractivity contribution in [1.82, 2.24) is 0 Å². The summed E-state index contributed by atoms with van der Waals surface area (Å²) >= 11 is 4.47. The highest BCUT2D eigenvalue weighted by Gasteiger charge is 2.00. The van der Waals surface area contributed by atoms with Crippen molar-refractivity contribution in [2.75, 3.05) is 0 Å². The summed E-state index contributed by atoms with van der Waals surface area (Å²) in [5, 5.41) is 2.16. The Balaban J connectivity index is 2.17. The second-order valence-corrected chi connectivity index (χ2v) is 4.60. The van der Waals surface area contributed by atoms with E-state index < -0.39 is 5.82 Å². The molecule has 0 aliphatic heterocycles. The zero-order chi connectivity index (χ0) is 15.1. The van der Waals surface area contributed by atoms with Crippen molar-refractivity contribution in [1.29, 1.82) is 0 Å². The van der Waals surface area contributed by atoms with E-state index in [1.54, 1.807) is 12.1 Å². The van der Waals surface area contributed by atoms with Gasteiger partial charge in [0.15, 0.2) is 0 Å². The van der Waals surface area contributed by atoms with Crippen LogP contribution >= 0.6 is 12.2 Å². The van der Waals surface area contributed by atoms with Crippen LogP contribution in [0.2, 0.25) is 0 Å². The standard InChI is InChI=1S/C18H14FNS/c1-2-3-14-4-6-15(7-5-14)8-9-16-10-11-18(20-13-21)17(19)12-16/h2-12H,1H3/b3-2+,9-8?. The number of rotatable bonds is 4. The largest absolute Gasteiger partial charge is 0.205 e. The lowest BCUT2D eigenvalue weighted by Crippen LogP contribution is -1.79. The quantitative estimate of drug-likeness (QED) is 0.396. The highest BCUT2D eigenvalue weighted by atomic mass is 32.1. The van der Waals surface area contributed by atoms with Gasteiger partial charge in [0.1, 0.15) is 11.5 Å². The predicted octanol–water partition coefficient (Wildman–Crippen LogP) is 5.76. The van der Waals surface area contributed by atoms with E-state index in [0.29, 0.717) is 0 Å². The molecular weight excluding hydrogens is 281 g/mol. The van der Waals surface area contributed by atoms with Crippen LogP contribution in [0.4, 0.5) is 10.1 Å². The Bertz CT molecular complexity index is 723. The molecule has 0 saturated heterocycles. The van der Waals surface area contributed by atoms with Crippen molar-refractivity contribution in [3.63, 3.8) is 0 Å². The van der Waals surface area contributed by atoms with Gasteiger partial charge in [-0.1, -0.05) is 54.6 Å². The van der Waals surface area contributed by atoms with Gasteiger partial charge in [-0.25, -0.2) is 4.39 Å². The monoisotopic (exact) mass is 295 g/mol. The lowest BCUT2D eigenvalue weighted by Gasteiger charge is -1.98. The summed E-state index contributed by atoms with van der Waals surface area (Å²) in [7, 11) is 0. The van der Waals surface area contributed by atoms with Crippen molar-refractivity contribution >= 4 is 41.3 Å². The Morgan fingerprint density at radius 1 is 0.952 bits per heavy atom. The van der Waals surface area contributed by atoms with E-state index in [-0.39, 0.29) is 5.69 Å². The minimum absolute atomic E-state index is 0.206. The van der Waals surface area contributed by atoms with Gasteiger partial charge < -0.3 is 0 Å². The number of allylic oxidation sites excluding steroid dienone is 1. The Labute approximate surface area is 129 Å². The molecule has 0 radical (unpaired) electrons. The SMILES string of the molecule is C/C=C/c1ccc(C=Cc2ccc(N=C=S)c(F)c2)cc1. The van der Waals surface area contributed by atoms with Gasteiger partial charge in [-0.3, -0.25) is 0 Å². The molecule has 21 heavy (non-hydrogen) atoms. The molecule has 0 bridgehead atoms. The van der Waals surface area contributed by atoms with E-state index in [1.165, 1.54) is 6.07 Å². The molecule has 0 fully saturated rings. The van der Waals surface area contributed by atoms with E-state index in [4.69, 9.17) is 0 Å². The zero-order valence-corrected chi connectivity index (χ0v) is 12.4. The fraction of sp³-hybridized carbons (Fsp3) is 0.0556. The van der Waals surface area contributed by atoms with Gasteiger partial charge in [-0.05, 0) is 48.0 Å². The molecule has 0 saturated carbocycles. The molecule has 2 aromatic rings. The van der Waals surface area contributed by atoms with Crippen LogP contribution in [0.3, 0.4) is 0 Å². The number of isothiocyanates is 1. The Kier molecular flexibility index (Phi) is 5.33. The molecule has 0 aliphatic rings. The lowest BCUT2D eigenvalue weighted by molar-refractivity contribution is 0.630. The smallest absolute Gasteiger partial charge is 0.150 e. The van der Waals surface area contributed by atoms with Gasteiger partial charge in [0.05, 0.1) is 5.16 Å². The zero-order valence-electron chi connectivity index (χ0n) is 11.6. The van der Waals surface area contributed by atoms with Gasteiger partial charge in [0, 0.05) is 0 Å². The van der Waals surface area contributed by atoms with Crippen LogP contribution in [0.1, 0.15) is 23.6 Å². The van der Waals surface area contributed by atoms with Crippen LogP contribution in [0.25, 0.3) is 18.2 Å². The Morgan fingerprint density at radius 2 is 1.52 bits per heavy atom. The molecule has 2 aromatic carbocycles. The molecule has 3 heteroatoms. The molecule has 2 rings (SSSR count). The first-order valence-corrected chi connectivity index (χ1v) is 6.92. The first-order valence-electron chi connectivity index (χ1n) is 6.51. The van der Waals surface area contributed by atoms with Crippen LogP contribution in [-0.2, 0) is 0 Å². The normalized spacial score (nSPS) is 11.0. The Morgan fingerprint density at radius 3 is 2.10 bits per heavy atom. The Hall–Kier alpha value is -2.35. The summed E-state index contributed by atoms with van der Waals surface area (Å²) < 4.78 is 13.7. The van der Waals surface area contributed by atoms with E-state index >= 15 is 0 Å². The fourth-order valence-corrected chi connectivity index (χ4v) is 1.97. The van der Waals surface area contributed by atoms with Crippen LogP contribution in [0.5, 0.6) is 0 Å². The average Bonchev–Trinajstić information content (AvgIpc) is 2.49. The van der Waals surface area contributed by atoms with Gasteiger partial charge >= 0.3 is 0 Å². The van der Waals surface area contributed by atoms with Crippen molar-refractivity contribution in [3.05, 3.63) is 71.0 Å². The molecule has 0 N–H and O–H groups in total. The van der Waals surface area contributed by atoms with Gasteiger partial charge in [-0.15, -0.1) is 0 Å². The minimum atomic E-state index is -0.405. The molecule has 1 nitrogen and oxygen atoms in total. The fourth-order valence-electron chi connectivity index (χ4n) is 1.87. The van der Waals surface area contributed by atoms with Crippen molar-refractivity contribution in [3.8, 4) is 0 Å². The van der Waals surface area contributed by atoms with Gasteiger partial charge in [0.2, 0.25) is 0 Å². The highest BCUT2D eigenvalue weighted by molar-refractivity contribution is 7.78. The molecule has 0 atom stereocenters. The second kappa shape index (κ2) is 7.44. The van der Waals surface area contributed by atoms with E-state index in [9.17, 15) is 4.39 Å². The molecule has 104 valence electrons. The molecule has 0 amide bonds. The summed E-state index contributed by atoms with van der Waals surface area (Å²) in [6.45, 7) is 1.99. The van der Waals surface area contributed by atoms with Crippen LogP contribution in [-0.4, -0.2) is 5.16 Å². The first-order chi connectivity index (χ1) is 10.2. The molecule has 0 aliphatic carbocycles. The topological polar surface area (TPSA) is 12.4 Å². The average molecular weight is 295 g/mol. The maximum absolute atomic E-state index is 13.7. The molecule has 0 spiro atoms. The number of benzene rings is 2. The summed E-state index contributed by atoms with van der Waals surface area (Å²) in [5.41, 5.74) is 3.19. The maximum Gasteiger partial charge on any atom is 0.150 e. The third-order valence-corrected chi connectivity index (χ3v) is 2.99.